The molecule has 0 spiro atoms. The summed E-state index contributed by atoms with van der Waals surface area (Å²) in [6, 6.07) is 0.389. The lowest BCUT2D eigenvalue weighted by molar-refractivity contribution is 0.743. The number of rotatable bonds is 4. The molecular formula is C12H19N5. The molecule has 0 fully saturated rings. The lowest BCUT2D eigenvalue weighted by Crippen LogP contribution is -2.27. The molecule has 17 heavy (non-hydrogen) atoms. The molecule has 5 heteroatoms. The Morgan fingerprint density at radius 2 is 2.24 bits per heavy atom. The fraction of sp³-hybridized carbons (Fsp3) is 0.500. The topological polar surface area (TPSA) is 45.5 Å². The maximum absolute atomic E-state index is 4.62. The summed E-state index contributed by atoms with van der Waals surface area (Å²) in [7, 11) is 2.04. The van der Waals surface area contributed by atoms with Crippen LogP contribution in [0.5, 0.6) is 0 Å². The first kappa shape index (κ1) is 11.7. The van der Waals surface area contributed by atoms with Gasteiger partial charge < -0.3 is 14.6 Å². The van der Waals surface area contributed by atoms with Gasteiger partial charge in [-0.3, -0.25) is 0 Å². The molecule has 5 nitrogen and oxygen atoms in total. The highest BCUT2D eigenvalue weighted by molar-refractivity contribution is 5.66. The van der Waals surface area contributed by atoms with Crippen molar-refractivity contribution in [1.82, 2.24) is 14.4 Å². The molecule has 0 radical (unpaired) electrons. The van der Waals surface area contributed by atoms with Crippen molar-refractivity contribution in [2.24, 2.45) is 0 Å². The summed E-state index contributed by atoms with van der Waals surface area (Å²) in [6.07, 6.45) is 5.70. The van der Waals surface area contributed by atoms with Crippen molar-refractivity contribution < 1.29 is 0 Å². The number of nitrogens with one attached hydrogen (secondary N) is 1. The van der Waals surface area contributed by atoms with E-state index in [1.165, 1.54) is 0 Å². The maximum Gasteiger partial charge on any atom is 0.180 e. The number of nitrogens with zero attached hydrogens (tertiary/aromatic N) is 4. The van der Waals surface area contributed by atoms with Gasteiger partial charge in [0, 0.05) is 32.0 Å². The number of aromatic nitrogens is 3. The van der Waals surface area contributed by atoms with Crippen molar-refractivity contribution in [2.45, 2.75) is 26.8 Å². The van der Waals surface area contributed by atoms with Crippen LogP contribution in [-0.2, 0) is 0 Å². The molecule has 2 heterocycles. The molecule has 0 saturated carbocycles. The number of hydrogen-bond acceptors (Lipinski definition) is 4. The first-order valence-corrected chi connectivity index (χ1v) is 5.94. The standard InChI is InChI=1S/C12H19N5/c1-5-13-10-8-17-7-6-14-11(17)12(15-10)16(4)9(2)3/h6-9,13H,5H2,1-4H3. The third kappa shape index (κ3) is 2.18. The highest BCUT2D eigenvalue weighted by Crippen LogP contribution is 2.20. The van der Waals surface area contributed by atoms with Crippen LogP contribution in [0.15, 0.2) is 18.6 Å². The Hall–Kier alpha value is -1.78. The van der Waals surface area contributed by atoms with Gasteiger partial charge in [-0.15, -0.1) is 0 Å². The van der Waals surface area contributed by atoms with E-state index in [2.05, 4.69) is 41.0 Å². The Balaban J connectivity index is 2.54. The summed E-state index contributed by atoms with van der Waals surface area (Å²) in [6.45, 7) is 7.20. The average molecular weight is 233 g/mol. The van der Waals surface area contributed by atoms with E-state index >= 15 is 0 Å². The third-order valence-corrected chi connectivity index (χ3v) is 2.82. The zero-order valence-electron chi connectivity index (χ0n) is 10.8. The highest BCUT2D eigenvalue weighted by atomic mass is 15.2. The van der Waals surface area contributed by atoms with E-state index < -0.39 is 0 Å². The van der Waals surface area contributed by atoms with Crippen LogP contribution in [-0.4, -0.2) is 34.0 Å². The third-order valence-electron chi connectivity index (χ3n) is 2.82. The van der Waals surface area contributed by atoms with E-state index in [1.54, 1.807) is 6.20 Å². The summed E-state index contributed by atoms with van der Waals surface area (Å²) < 4.78 is 2.00. The number of fused-ring (bicyclic) bond motifs is 1. The summed E-state index contributed by atoms with van der Waals surface area (Å²) in [5, 5.41) is 3.24. The van der Waals surface area contributed by atoms with E-state index in [9.17, 15) is 0 Å². The monoisotopic (exact) mass is 233 g/mol. The average Bonchev–Trinajstić information content (AvgIpc) is 2.75. The molecule has 0 aromatic carbocycles. The van der Waals surface area contributed by atoms with Crippen LogP contribution in [0.3, 0.4) is 0 Å². The van der Waals surface area contributed by atoms with E-state index in [4.69, 9.17) is 0 Å². The van der Waals surface area contributed by atoms with Crippen molar-refractivity contribution in [3.63, 3.8) is 0 Å². The minimum absolute atomic E-state index is 0.389. The largest absolute Gasteiger partial charge is 0.369 e. The van der Waals surface area contributed by atoms with E-state index in [1.807, 2.05) is 23.8 Å². The zero-order valence-corrected chi connectivity index (χ0v) is 10.8. The van der Waals surface area contributed by atoms with Gasteiger partial charge in [0.1, 0.15) is 5.82 Å². The van der Waals surface area contributed by atoms with Crippen LogP contribution in [0.2, 0.25) is 0 Å². The predicted molar refractivity (Wildman–Crippen MR) is 70.7 cm³/mol. The van der Waals surface area contributed by atoms with E-state index in [0.29, 0.717) is 6.04 Å². The summed E-state index contributed by atoms with van der Waals surface area (Å²) in [5.74, 6) is 1.78. The van der Waals surface area contributed by atoms with Gasteiger partial charge in [-0.05, 0) is 20.8 Å². The molecule has 1 N–H and O–H groups in total. The first-order valence-electron chi connectivity index (χ1n) is 5.94. The minimum atomic E-state index is 0.389. The second kappa shape index (κ2) is 4.61. The predicted octanol–water partition coefficient (Wildman–Crippen LogP) is 2.01. The Labute approximate surface area is 101 Å². The van der Waals surface area contributed by atoms with Crippen LogP contribution in [0.4, 0.5) is 11.6 Å². The minimum Gasteiger partial charge on any atom is -0.369 e. The van der Waals surface area contributed by atoms with Gasteiger partial charge in [0.15, 0.2) is 11.5 Å². The normalized spacial score (nSPS) is 11.1. The molecule has 2 aromatic rings. The van der Waals surface area contributed by atoms with E-state index in [-0.39, 0.29) is 0 Å². The SMILES string of the molecule is CCNc1cn2ccnc2c(N(C)C(C)C)n1. The molecule has 92 valence electrons. The lowest BCUT2D eigenvalue weighted by atomic mass is 10.3. The molecule has 2 aromatic heterocycles. The Kier molecular flexibility index (Phi) is 3.17. The molecule has 2 rings (SSSR count). The maximum atomic E-state index is 4.62. The van der Waals surface area contributed by atoms with Crippen molar-refractivity contribution in [3.05, 3.63) is 18.6 Å². The van der Waals surface area contributed by atoms with Crippen LogP contribution in [0.25, 0.3) is 5.65 Å². The van der Waals surface area contributed by atoms with Gasteiger partial charge in [0.25, 0.3) is 0 Å². The fourth-order valence-corrected chi connectivity index (χ4v) is 1.66. The summed E-state index contributed by atoms with van der Waals surface area (Å²) >= 11 is 0. The molecule has 0 amide bonds. The molecule has 0 aliphatic rings. The lowest BCUT2D eigenvalue weighted by Gasteiger charge is -2.23. The van der Waals surface area contributed by atoms with Crippen molar-refractivity contribution in [1.29, 1.82) is 0 Å². The number of hydrogen-bond donors (Lipinski definition) is 1. The second-order valence-corrected chi connectivity index (χ2v) is 4.34. The van der Waals surface area contributed by atoms with Crippen LogP contribution >= 0.6 is 0 Å². The Morgan fingerprint density at radius 3 is 2.88 bits per heavy atom. The van der Waals surface area contributed by atoms with Gasteiger partial charge in [-0.25, -0.2) is 9.97 Å². The Bertz CT molecular complexity index is 503. The van der Waals surface area contributed by atoms with Crippen molar-refractivity contribution >= 4 is 17.3 Å². The summed E-state index contributed by atoms with van der Waals surface area (Å²) in [5.41, 5.74) is 0.892. The number of imidazole rings is 1. The summed E-state index contributed by atoms with van der Waals surface area (Å²) in [4.78, 5) is 11.1. The van der Waals surface area contributed by atoms with Crippen molar-refractivity contribution in [2.75, 3.05) is 23.8 Å². The number of anilines is 2. The van der Waals surface area contributed by atoms with Gasteiger partial charge >= 0.3 is 0 Å². The van der Waals surface area contributed by atoms with Gasteiger partial charge in [0.2, 0.25) is 0 Å². The molecule has 0 atom stereocenters. The zero-order chi connectivity index (χ0) is 12.4. The van der Waals surface area contributed by atoms with Gasteiger partial charge in [-0.1, -0.05) is 0 Å². The molecule has 0 unspecified atom stereocenters. The molecule has 0 aliphatic carbocycles. The first-order chi connectivity index (χ1) is 8.13. The Morgan fingerprint density at radius 1 is 1.47 bits per heavy atom. The van der Waals surface area contributed by atoms with Crippen LogP contribution in [0, 0.1) is 0 Å². The highest BCUT2D eigenvalue weighted by Gasteiger charge is 2.13. The van der Waals surface area contributed by atoms with Gasteiger partial charge in [0.05, 0.1) is 6.20 Å². The van der Waals surface area contributed by atoms with Crippen LogP contribution in [0.1, 0.15) is 20.8 Å². The van der Waals surface area contributed by atoms with Gasteiger partial charge in [-0.2, -0.15) is 0 Å². The molecule has 0 aliphatic heterocycles. The van der Waals surface area contributed by atoms with Crippen LogP contribution < -0.4 is 10.2 Å². The fourth-order valence-electron chi connectivity index (χ4n) is 1.66. The molecular weight excluding hydrogens is 214 g/mol. The quantitative estimate of drug-likeness (QED) is 0.877. The smallest absolute Gasteiger partial charge is 0.180 e. The second-order valence-electron chi connectivity index (χ2n) is 4.34. The van der Waals surface area contributed by atoms with Crippen molar-refractivity contribution in [3.8, 4) is 0 Å². The molecule has 0 saturated heterocycles. The molecule has 0 bridgehead atoms. The van der Waals surface area contributed by atoms with E-state index in [0.717, 1.165) is 23.8 Å².